The summed E-state index contributed by atoms with van der Waals surface area (Å²) in [5, 5.41) is 11.3. The minimum absolute atomic E-state index is 0.0248. The van der Waals surface area contributed by atoms with E-state index >= 15 is 0 Å². The highest BCUT2D eigenvalue weighted by molar-refractivity contribution is 5.92. The minimum atomic E-state index is 0.0248. The SMILES string of the molecule is CN(C)CC1CCN(C(=O)c2cn(C3CNC3)nn2)CC1. The Morgan fingerprint density at radius 2 is 2.10 bits per heavy atom. The molecule has 1 N–H and O–H groups in total. The average molecular weight is 292 g/mol. The van der Waals surface area contributed by atoms with Crippen molar-refractivity contribution in [2.24, 2.45) is 5.92 Å². The van der Waals surface area contributed by atoms with Crippen LogP contribution in [0.5, 0.6) is 0 Å². The smallest absolute Gasteiger partial charge is 0.276 e. The summed E-state index contributed by atoms with van der Waals surface area (Å²) >= 11 is 0. The van der Waals surface area contributed by atoms with Gasteiger partial charge in [-0.2, -0.15) is 0 Å². The molecule has 2 saturated heterocycles. The molecule has 1 aromatic heterocycles. The summed E-state index contributed by atoms with van der Waals surface area (Å²) in [6.07, 6.45) is 3.94. The number of carbonyl (C=O) groups excluding carboxylic acids is 1. The first-order chi connectivity index (χ1) is 10.1. The van der Waals surface area contributed by atoms with Gasteiger partial charge in [-0.1, -0.05) is 5.21 Å². The van der Waals surface area contributed by atoms with Crippen molar-refractivity contribution in [3.8, 4) is 0 Å². The molecule has 1 aromatic rings. The van der Waals surface area contributed by atoms with Crippen molar-refractivity contribution in [3.63, 3.8) is 0 Å². The van der Waals surface area contributed by atoms with Crippen molar-refractivity contribution in [3.05, 3.63) is 11.9 Å². The molecule has 0 bridgehead atoms. The van der Waals surface area contributed by atoms with E-state index in [0.717, 1.165) is 45.6 Å². The second-order valence-electron chi connectivity index (χ2n) is 6.39. The summed E-state index contributed by atoms with van der Waals surface area (Å²) in [5.74, 6) is 0.720. The van der Waals surface area contributed by atoms with Crippen LogP contribution in [0, 0.1) is 5.92 Å². The number of piperidine rings is 1. The van der Waals surface area contributed by atoms with Gasteiger partial charge in [-0.3, -0.25) is 4.79 Å². The number of hydrogen-bond donors (Lipinski definition) is 1. The summed E-state index contributed by atoms with van der Waals surface area (Å²) in [7, 11) is 4.20. The van der Waals surface area contributed by atoms with E-state index in [2.05, 4.69) is 34.6 Å². The van der Waals surface area contributed by atoms with Crippen LogP contribution < -0.4 is 5.32 Å². The van der Waals surface area contributed by atoms with Crippen molar-refractivity contribution < 1.29 is 4.79 Å². The predicted molar refractivity (Wildman–Crippen MR) is 79.1 cm³/mol. The van der Waals surface area contributed by atoms with Crippen LogP contribution in [0.1, 0.15) is 29.4 Å². The maximum absolute atomic E-state index is 12.5. The quantitative estimate of drug-likeness (QED) is 0.835. The van der Waals surface area contributed by atoms with Gasteiger partial charge in [0.1, 0.15) is 0 Å². The highest BCUT2D eigenvalue weighted by Crippen LogP contribution is 2.19. The molecule has 0 radical (unpaired) electrons. The highest BCUT2D eigenvalue weighted by Gasteiger charge is 2.27. The number of nitrogens with zero attached hydrogens (tertiary/aromatic N) is 5. The topological polar surface area (TPSA) is 66.3 Å². The molecule has 2 aliphatic rings. The Kier molecular flexibility index (Phi) is 4.21. The molecular weight excluding hydrogens is 268 g/mol. The number of amides is 1. The summed E-state index contributed by atoms with van der Waals surface area (Å²) in [5.41, 5.74) is 0.480. The predicted octanol–water partition coefficient (Wildman–Crippen LogP) is -0.164. The molecule has 7 nitrogen and oxygen atoms in total. The van der Waals surface area contributed by atoms with E-state index in [-0.39, 0.29) is 5.91 Å². The minimum Gasteiger partial charge on any atom is -0.337 e. The lowest BCUT2D eigenvalue weighted by molar-refractivity contribution is 0.0672. The van der Waals surface area contributed by atoms with Crippen LogP contribution >= 0.6 is 0 Å². The van der Waals surface area contributed by atoms with Gasteiger partial charge >= 0.3 is 0 Å². The zero-order chi connectivity index (χ0) is 14.8. The van der Waals surface area contributed by atoms with Gasteiger partial charge in [-0.15, -0.1) is 5.10 Å². The van der Waals surface area contributed by atoms with Gasteiger partial charge in [-0.05, 0) is 32.9 Å². The largest absolute Gasteiger partial charge is 0.337 e. The zero-order valence-electron chi connectivity index (χ0n) is 12.8. The van der Waals surface area contributed by atoms with Crippen molar-refractivity contribution in [1.29, 1.82) is 0 Å². The molecule has 2 aliphatic heterocycles. The Morgan fingerprint density at radius 1 is 1.38 bits per heavy atom. The third-order valence-corrected chi connectivity index (χ3v) is 4.39. The van der Waals surface area contributed by atoms with Gasteiger partial charge in [0.25, 0.3) is 5.91 Å². The molecule has 3 rings (SSSR count). The third-order valence-electron chi connectivity index (χ3n) is 4.39. The third kappa shape index (κ3) is 3.24. The van der Waals surface area contributed by atoms with E-state index < -0.39 is 0 Å². The molecular formula is C14H24N6O. The second-order valence-corrected chi connectivity index (χ2v) is 6.39. The fourth-order valence-corrected chi connectivity index (χ4v) is 3.01. The fourth-order valence-electron chi connectivity index (χ4n) is 3.01. The van der Waals surface area contributed by atoms with Crippen molar-refractivity contribution in [1.82, 2.24) is 30.1 Å². The summed E-state index contributed by atoms with van der Waals surface area (Å²) in [6.45, 7) is 4.58. The van der Waals surface area contributed by atoms with Crippen LogP contribution in [0.15, 0.2) is 6.20 Å². The Labute approximate surface area is 125 Å². The maximum Gasteiger partial charge on any atom is 0.276 e. The molecule has 0 aliphatic carbocycles. The molecule has 0 aromatic carbocycles. The Bertz CT molecular complexity index is 487. The molecule has 0 saturated carbocycles. The van der Waals surface area contributed by atoms with Crippen LogP contribution in [0.25, 0.3) is 0 Å². The normalized spacial score (nSPS) is 20.8. The Hall–Kier alpha value is -1.47. The Balaban J connectivity index is 1.55. The molecule has 0 unspecified atom stereocenters. The molecule has 0 atom stereocenters. The van der Waals surface area contributed by atoms with E-state index in [1.54, 1.807) is 6.20 Å². The first kappa shape index (κ1) is 14.5. The monoisotopic (exact) mass is 292 g/mol. The lowest BCUT2D eigenvalue weighted by Gasteiger charge is -2.32. The van der Waals surface area contributed by atoms with Crippen molar-refractivity contribution >= 4 is 5.91 Å². The number of rotatable bonds is 4. The van der Waals surface area contributed by atoms with Crippen LogP contribution in [0.3, 0.4) is 0 Å². The van der Waals surface area contributed by atoms with E-state index in [9.17, 15) is 4.79 Å². The lowest BCUT2D eigenvalue weighted by atomic mass is 9.96. The van der Waals surface area contributed by atoms with E-state index in [1.807, 2.05) is 9.58 Å². The Morgan fingerprint density at radius 3 is 2.67 bits per heavy atom. The average Bonchev–Trinajstić information content (AvgIpc) is 2.85. The molecule has 2 fully saturated rings. The summed E-state index contributed by atoms with van der Waals surface area (Å²) in [6, 6.07) is 0.352. The molecule has 7 heteroatoms. The van der Waals surface area contributed by atoms with E-state index in [0.29, 0.717) is 17.7 Å². The van der Waals surface area contributed by atoms with Gasteiger partial charge < -0.3 is 15.1 Å². The second kappa shape index (κ2) is 6.11. The van der Waals surface area contributed by atoms with Gasteiger partial charge in [0, 0.05) is 32.7 Å². The van der Waals surface area contributed by atoms with Crippen molar-refractivity contribution in [2.75, 3.05) is 46.8 Å². The molecule has 0 spiro atoms. The number of nitrogens with one attached hydrogen (secondary N) is 1. The first-order valence-electron chi connectivity index (χ1n) is 7.70. The molecule has 3 heterocycles. The highest BCUT2D eigenvalue weighted by atomic mass is 16.2. The lowest BCUT2D eigenvalue weighted by Crippen LogP contribution is -2.43. The number of likely N-dealkylation sites (tertiary alicyclic amines) is 1. The summed E-state index contributed by atoms with van der Waals surface area (Å²) in [4.78, 5) is 16.6. The standard InChI is InChI=1S/C14H24N6O/c1-18(2)9-11-3-5-19(6-4-11)14(21)13-10-20(17-16-13)12-7-15-8-12/h10-12,15H,3-9H2,1-2H3. The molecule has 1 amide bonds. The number of carbonyl (C=O) groups is 1. The molecule has 21 heavy (non-hydrogen) atoms. The van der Waals surface area contributed by atoms with Crippen LogP contribution in [-0.2, 0) is 0 Å². The number of aromatic nitrogens is 3. The summed E-state index contributed by atoms with van der Waals surface area (Å²) < 4.78 is 1.81. The fraction of sp³-hybridized carbons (Fsp3) is 0.786. The van der Waals surface area contributed by atoms with Gasteiger partial charge in [-0.25, -0.2) is 4.68 Å². The van der Waals surface area contributed by atoms with Crippen LogP contribution in [-0.4, -0.2) is 77.5 Å². The van der Waals surface area contributed by atoms with Gasteiger partial charge in [0.05, 0.1) is 12.2 Å². The van der Waals surface area contributed by atoms with Crippen LogP contribution in [0.4, 0.5) is 0 Å². The van der Waals surface area contributed by atoms with Gasteiger partial charge in [0.2, 0.25) is 0 Å². The maximum atomic E-state index is 12.5. The van der Waals surface area contributed by atoms with Crippen molar-refractivity contribution in [2.45, 2.75) is 18.9 Å². The molecule has 116 valence electrons. The zero-order valence-corrected chi connectivity index (χ0v) is 12.8. The van der Waals surface area contributed by atoms with E-state index in [4.69, 9.17) is 0 Å². The first-order valence-corrected chi connectivity index (χ1v) is 7.70. The van der Waals surface area contributed by atoms with Crippen LogP contribution in [0.2, 0.25) is 0 Å². The van der Waals surface area contributed by atoms with E-state index in [1.165, 1.54) is 0 Å². The number of hydrogen-bond acceptors (Lipinski definition) is 5. The van der Waals surface area contributed by atoms with Gasteiger partial charge in [0.15, 0.2) is 5.69 Å².